The van der Waals surface area contributed by atoms with Crippen molar-refractivity contribution in [3.8, 4) is 11.3 Å². The van der Waals surface area contributed by atoms with Crippen LogP contribution < -0.4 is 4.90 Å². The number of carbonyl (C=O) groups excluding carboxylic acids is 1. The summed E-state index contributed by atoms with van der Waals surface area (Å²) >= 11 is 0. The first-order valence-electron chi connectivity index (χ1n) is 10.2. The fourth-order valence-electron chi connectivity index (χ4n) is 4.22. The number of piperazine rings is 1. The van der Waals surface area contributed by atoms with Gasteiger partial charge < -0.3 is 14.2 Å². The van der Waals surface area contributed by atoms with Crippen molar-refractivity contribution in [2.75, 3.05) is 38.1 Å². The van der Waals surface area contributed by atoms with E-state index < -0.39 is 0 Å². The summed E-state index contributed by atoms with van der Waals surface area (Å²) in [5.41, 5.74) is 6.00. The van der Waals surface area contributed by atoms with E-state index in [1.54, 1.807) is 0 Å². The van der Waals surface area contributed by atoms with Gasteiger partial charge in [0.05, 0.1) is 16.9 Å². The van der Waals surface area contributed by atoms with Gasteiger partial charge in [-0.25, -0.2) is 4.98 Å². The zero-order chi connectivity index (χ0) is 20.0. The molecule has 1 saturated heterocycles. The molecule has 5 rings (SSSR count). The normalized spacial score (nSPS) is 15.4. The van der Waals surface area contributed by atoms with Crippen molar-refractivity contribution < 1.29 is 4.79 Å². The zero-order valence-electron chi connectivity index (χ0n) is 16.9. The van der Waals surface area contributed by atoms with E-state index in [-0.39, 0.29) is 5.78 Å². The van der Waals surface area contributed by atoms with Crippen LogP contribution >= 0.6 is 0 Å². The van der Waals surface area contributed by atoms with Gasteiger partial charge in [-0.05, 0) is 37.4 Å². The molecule has 0 aliphatic carbocycles. The number of ketones is 1. The minimum absolute atomic E-state index is 0.149. The van der Waals surface area contributed by atoms with Crippen LogP contribution in [0.25, 0.3) is 22.4 Å². The molecular formula is C23H25N5O. The molecule has 29 heavy (non-hydrogen) atoms. The summed E-state index contributed by atoms with van der Waals surface area (Å²) in [5.74, 6) is 0.149. The van der Waals surface area contributed by atoms with Gasteiger partial charge in [-0.2, -0.15) is 0 Å². The predicted octanol–water partition coefficient (Wildman–Crippen LogP) is 3.60. The molecule has 4 aromatic heterocycles. The number of rotatable bonds is 4. The molecule has 6 nitrogen and oxygen atoms in total. The topological polar surface area (TPSA) is 45.3 Å². The number of hydrogen-bond donors (Lipinski definition) is 0. The predicted molar refractivity (Wildman–Crippen MR) is 116 cm³/mol. The Morgan fingerprint density at radius 1 is 1.03 bits per heavy atom. The standard InChI is InChI=1S/C23H25N5O/c1-3-22(29)21-16-18(19-5-4-6-23-24-8-10-28(19)23)20-15-17(7-9-27(20)21)26-13-11-25(2)12-14-26/h4-10,15-16H,3,11-14H2,1-2H3. The van der Waals surface area contributed by atoms with Crippen LogP contribution in [0.2, 0.25) is 0 Å². The van der Waals surface area contributed by atoms with Gasteiger partial charge in [0, 0.05) is 62.4 Å². The number of nitrogens with zero attached hydrogens (tertiary/aromatic N) is 5. The molecule has 0 amide bonds. The molecule has 0 unspecified atom stereocenters. The van der Waals surface area contributed by atoms with E-state index in [1.165, 1.54) is 5.69 Å². The van der Waals surface area contributed by atoms with E-state index in [0.29, 0.717) is 6.42 Å². The van der Waals surface area contributed by atoms with Gasteiger partial charge in [-0.15, -0.1) is 0 Å². The second-order valence-corrected chi connectivity index (χ2v) is 7.72. The first-order valence-corrected chi connectivity index (χ1v) is 10.2. The second kappa shape index (κ2) is 7.04. The Labute approximate surface area is 170 Å². The number of carbonyl (C=O) groups is 1. The van der Waals surface area contributed by atoms with Crippen LogP contribution in [0.4, 0.5) is 5.69 Å². The van der Waals surface area contributed by atoms with Crippen molar-refractivity contribution in [3.63, 3.8) is 0 Å². The average molecular weight is 387 g/mol. The van der Waals surface area contributed by atoms with E-state index in [9.17, 15) is 4.79 Å². The largest absolute Gasteiger partial charge is 0.369 e. The van der Waals surface area contributed by atoms with Crippen LogP contribution in [-0.2, 0) is 0 Å². The minimum Gasteiger partial charge on any atom is -0.369 e. The molecule has 0 radical (unpaired) electrons. The highest BCUT2D eigenvalue weighted by Gasteiger charge is 2.20. The number of anilines is 1. The molecule has 5 heterocycles. The summed E-state index contributed by atoms with van der Waals surface area (Å²) in [4.78, 5) is 21.9. The number of Topliss-reactive ketones (excluding diaryl/α,β-unsaturated/α-hetero) is 1. The van der Waals surface area contributed by atoms with Gasteiger partial charge in [0.25, 0.3) is 0 Å². The Kier molecular flexibility index (Phi) is 4.36. The van der Waals surface area contributed by atoms with Crippen LogP contribution in [0.1, 0.15) is 23.8 Å². The lowest BCUT2D eigenvalue weighted by molar-refractivity contribution is 0.0982. The first kappa shape index (κ1) is 17.9. The zero-order valence-corrected chi connectivity index (χ0v) is 16.9. The summed E-state index contributed by atoms with van der Waals surface area (Å²) in [6.07, 6.45) is 6.31. The fourth-order valence-corrected chi connectivity index (χ4v) is 4.22. The first-order chi connectivity index (χ1) is 14.2. The third-order valence-corrected chi connectivity index (χ3v) is 5.93. The fraction of sp³-hybridized carbons (Fsp3) is 0.304. The van der Waals surface area contributed by atoms with Gasteiger partial charge in [0.1, 0.15) is 5.65 Å². The average Bonchev–Trinajstić information content (AvgIpc) is 3.38. The van der Waals surface area contributed by atoms with Crippen molar-refractivity contribution in [1.82, 2.24) is 18.7 Å². The maximum Gasteiger partial charge on any atom is 0.179 e. The number of likely N-dealkylation sites (N-methyl/N-ethyl adjacent to an activating group) is 1. The van der Waals surface area contributed by atoms with Gasteiger partial charge in [-0.1, -0.05) is 13.0 Å². The molecule has 4 aromatic rings. The van der Waals surface area contributed by atoms with Crippen LogP contribution in [0.5, 0.6) is 0 Å². The highest BCUT2D eigenvalue weighted by atomic mass is 16.1. The molecule has 1 fully saturated rings. The quantitative estimate of drug-likeness (QED) is 0.502. The molecule has 0 aromatic carbocycles. The van der Waals surface area contributed by atoms with Crippen molar-refractivity contribution in [1.29, 1.82) is 0 Å². The Hall–Kier alpha value is -3.12. The van der Waals surface area contributed by atoms with Crippen LogP contribution in [0.3, 0.4) is 0 Å². The summed E-state index contributed by atoms with van der Waals surface area (Å²) in [7, 11) is 2.17. The monoisotopic (exact) mass is 387 g/mol. The van der Waals surface area contributed by atoms with Crippen molar-refractivity contribution >= 4 is 22.6 Å². The van der Waals surface area contributed by atoms with Crippen molar-refractivity contribution in [3.05, 3.63) is 60.7 Å². The summed E-state index contributed by atoms with van der Waals surface area (Å²) in [5, 5.41) is 0. The van der Waals surface area contributed by atoms with Gasteiger partial charge in [0.2, 0.25) is 0 Å². The highest BCUT2D eigenvalue weighted by molar-refractivity contribution is 5.99. The molecule has 0 atom stereocenters. The van der Waals surface area contributed by atoms with Crippen molar-refractivity contribution in [2.24, 2.45) is 0 Å². The van der Waals surface area contributed by atoms with Crippen LogP contribution in [-0.4, -0.2) is 57.7 Å². The molecule has 0 bridgehead atoms. The maximum absolute atomic E-state index is 12.7. The Balaban J connectivity index is 1.70. The third kappa shape index (κ3) is 3.00. The van der Waals surface area contributed by atoms with E-state index in [0.717, 1.165) is 54.3 Å². The molecule has 0 N–H and O–H groups in total. The van der Waals surface area contributed by atoms with E-state index >= 15 is 0 Å². The molecule has 0 spiro atoms. The number of imidazole rings is 1. The molecule has 6 heteroatoms. The molecule has 1 aliphatic rings. The smallest absolute Gasteiger partial charge is 0.179 e. The lowest BCUT2D eigenvalue weighted by Gasteiger charge is -2.34. The lowest BCUT2D eigenvalue weighted by atomic mass is 10.1. The van der Waals surface area contributed by atoms with Gasteiger partial charge >= 0.3 is 0 Å². The van der Waals surface area contributed by atoms with Crippen LogP contribution in [0, 0.1) is 0 Å². The Bertz CT molecular complexity index is 1200. The minimum atomic E-state index is 0.149. The summed E-state index contributed by atoms with van der Waals surface area (Å²) < 4.78 is 4.12. The van der Waals surface area contributed by atoms with E-state index in [2.05, 4.69) is 44.4 Å². The summed E-state index contributed by atoms with van der Waals surface area (Å²) in [6.45, 7) is 6.07. The highest BCUT2D eigenvalue weighted by Crippen LogP contribution is 2.32. The SMILES string of the molecule is CCC(=O)c1cc(-c2cccc3nccn23)c2cc(N3CCN(C)CC3)ccn12. The molecule has 0 saturated carbocycles. The molecule has 1 aliphatic heterocycles. The van der Waals surface area contributed by atoms with Crippen molar-refractivity contribution in [2.45, 2.75) is 13.3 Å². The number of hydrogen-bond acceptors (Lipinski definition) is 4. The van der Waals surface area contributed by atoms with Gasteiger partial charge in [0.15, 0.2) is 5.78 Å². The lowest BCUT2D eigenvalue weighted by Crippen LogP contribution is -2.44. The number of fused-ring (bicyclic) bond motifs is 2. The van der Waals surface area contributed by atoms with E-state index in [1.807, 2.05) is 48.1 Å². The second-order valence-electron chi connectivity index (χ2n) is 7.72. The number of pyridine rings is 2. The summed E-state index contributed by atoms with van der Waals surface area (Å²) in [6, 6.07) is 12.5. The van der Waals surface area contributed by atoms with Gasteiger partial charge in [-0.3, -0.25) is 9.20 Å². The third-order valence-electron chi connectivity index (χ3n) is 5.93. The van der Waals surface area contributed by atoms with Crippen LogP contribution in [0.15, 0.2) is 55.0 Å². The van der Waals surface area contributed by atoms with E-state index in [4.69, 9.17) is 0 Å². The Morgan fingerprint density at radius 3 is 2.66 bits per heavy atom. The number of aromatic nitrogens is 3. The Morgan fingerprint density at radius 2 is 1.86 bits per heavy atom. The maximum atomic E-state index is 12.7. The molecular weight excluding hydrogens is 362 g/mol. The molecule has 148 valence electrons.